The molecular formula is C19H28N2O4S. The van der Waals surface area contributed by atoms with Gasteiger partial charge in [0.25, 0.3) is 0 Å². The molecule has 0 spiro atoms. The molecule has 0 N–H and O–H groups in total. The van der Waals surface area contributed by atoms with Crippen LogP contribution in [0.2, 0.25) is 0 Å². The van der Waals surface area contributed by atoms with Crippen molar-refractivity contribution in [2.24, 2.45) is 0 Å². The molecule has 0 bridgehead atoms. The van der Waals surface area contributed by atoms with E-state index in [0.29, 0.717) is 25.6 Å². The van der Waals surface area contributed by atoms with Crippen LogP contribution in [0.5, 0.6) is 0 Å². The molecule has 1 saturated heterocycles. The van der Waals surface area contributed by atoms with Crippen molar-refractivity contribution in [3.63, 3.8) is 0 Å². The van der Waals surface area contributed by atoms with E-state index >= 15 is 0 Å². The highest BCUT2D eigenvalue weighted by molar-refractivity contribution is 7.91. The van der Waals surface area contributed by atoms with E-state index in [1.165, 1.54) is 0 Å². The van der Waals surface area contributed by atoms with Crippen LogP contribution < -0.4 is 0 Å². The Kier molecular flexibility index (Phi) is 5.10. The molecule has 1 aliphatic heterocycles. The predicted octanol–water partition coefficient (Wildman–Crippen LogP) is 2.20. The fraction of sp³-hybridized carbons (Fsp3) is 0.737. The van der Waals surface area contributed by atoms with Gasteiger partial charge in [0.05, 0.1) is 30.9 Å². The van der Waals surface area contributed by atoms with Gasteiger partial charge in [-0.25, -0.2) is 8.42 Å². The summed E-state index contributed by atoms with van der Waals surface area (Å²) in [5, 5.41) is 0. The molecule has 4 rings (SSSR count). The first-order valence-electron chi connectivity index (χ1n) is 9.80. The van der Waals surface area contributed by atoms with Crippen LogP contribution in [0, 0.1) is 0 Å². The SMILES string of the molecule is O=C(CN(Cc1ccco1)C1CC1)N(C1CCCC1)C1CCS(=O)(=O)C1. The van der Waals surface area contributed by atoms with Gasteiger partial charge in [0.1, 0.15) is 5.76 Å². The topological polar surface area (TPSA) is 70.8 Å². The maximum absolute atomic E-state index is 13.3. The van der Waals surface area contributed by atoms with Gasteiger partial charge in [-0.3, -0.25) is 9.69 Å². The maximum Gasteiger partial charge on any atom is 0.237 e. The van der Waals surface area contributed by atoms with E-state index in [1.807, 2.05) is 17.0 Å². The van der Waals surface area contributed by atoms with Crippen LogP contribution in [0.4, 0.5) is 0 Å². The van der Waals surface area contributed by atoms with Crippen molar-refractivity contribution in [3.05, 3.63) is 24.2 Å². The zero-order chi connectivity index (χ0) is 18.1. The lowest BCUT2D eigenvalue weighted by molar-refractivity contribution is -0.137. The molecule has 1 unspecified atom stereocenters. The minimum atomic E-state index is -3.00. The molecule has 3 aliphatic rings. The first kappa shape index (κ1) is 18.0. The molecule has 1 aromatic rings. The summed E-state index contributed by atoms with van der Waals surface area (Å²) in [6, 6.07) is 4.33. The molecule has 6 nitrogen and oxygen atoms in total. The number of hydrogen-bond acceptors (Lipinski definition) is 5. The van der Waals surface area contributed by atoms with Crippen molar-refractivity contribution in [2.45, 2.75) is 69.6 Å². The summed E-state index contributed by atoms with van der Waals surface area (Å²) < 4.78 is 29.4. The standard InChI is InChI=1S/C19H28N2O4S/c22-19(13-20(15-7-8-15)12-18-6-3-10-25-18)21(16-4-1-2-5-16)17-9-11-26(23,24)14-17/h3,6,10,15-17H,1-2,4-5,7-9,11-14H2. The van der Waals surface area contributed by atoms with Crippen LogP contribution in [-0.2, 0) is 21.2 Å². The summed E-state index contributed by atoms with van der Waals surface area (Å²) in [7, 11) is -3.00. The number of sulfone groups is 1. The maximum atomic E-state index is 13.3. The first-order valence-corrected chi connectivity index (χ1v) is 11.6. The summed E-state index contributed by atoms with van der Waals surface area (Å²) in [6.07, 6.45) is 8.76. The van der Waals surface area contributed by atoms with Crippen molar-refractivity contribution >= 4 is 15.7 Å². The third-order valence-corrected chi connectivity index (χ3v) is 7.70. The van der Waals surface area contributed by atoms with Gasteiger partial charge in [-0.1, -0.05) is 12.8 Å². The zero-order valence-electron chi connectivity index (χ0n) is 15.2. The van der Waals surface area contributed by atoms with E-state index in [0.717, 1.165) is 44.3 Å². The number of nitrogens with zero attached hydrogens (tertiary/aromatic N) is 2. The minimum absolute atomic E-state index is 0.0949. The van der Waals surface area contributed by atoms with Crippen LogP contribution in [-0.4, -0.2) is 60.3 Å². The van der Waals surface area contributed by atoms with Crippen molar-refractivity contribution in [1.29, 1.82) is 0 Å². The average Bonchev–Trinajstić information content (AvgIpc) is 2.98. The quantitative estimate of drug-likeness (QED) is 0.725. The monoisotopic (exact) mass is 380 g/mol. The van der Waals surface area contributed by atoms with Gasteiger partial charge >= 0.3 is 0 Å². The second-order valence-corrected chi connectivity index (χ2v) is 10.2. The first-order chi connectivity index (χ1) is 12.5. The molecular weight excluding hydrogens is 352 g/mol. The molecule has 0 radical (unpaired) electrons. The molecule has 7 heteroatoms. The highest BCUT2D eigenvalue weighted by atomic mass is 32.2. The van der Waals surface area contributed by atoms with Gasteiger partial charge in [0.2, 0.25) is 5.91 Å². The summed E-state index contributed by atoms with van der Waals surface area (Å²) in [6.45, 7) is 1.00. The number of rotatable bonds is 7. The number of furan rings is 1. The molecule has 144 valence electrons. The number of amides is 1. The van der Waals surface area contributed by atoms with E-state index in [9.17, 15) is 13.2 Å². The Morgan fingerprint density at radius 1 is 1.08 bits per heavy atom. The largest absolute Gasteiger partial charge is 0.468 e. The molecule has 2 heterocycles. The summed E-state index contributed by atoms with van der Waals surface area (Å²) in [4.78, 5) is 17.4. The average molecular weight is 381 g/mol. The fourth-order valence-electron chi connectivity index (χ4n) is 4.49. The van der Waals surface area contributed by atoms with Crippen LogP contribution in [0.15, 0.2) is 22.8 Å². The van der Waals surface area contributed by atoms with Gasteiger partial charge in [-0.2, -0.15) is 0 Å². The highest BCUT2D eigenvalue weighted by Gasteiger charge is 2.40. The van der Waals surface area contributed by atoms with Gasteiger partial charge < -0.3 is 9.32 Å². The van der Waals surface area contributed by atoms with Crippen molar-refractivity contribution in [2.75, 3.05) is 18.1 Å². The zero-order valence-corrected chi connectivity index (χ0v) is 16.0. The van der Waals surface area contributed by atoms with Crippen LogP contribution in [0.1, 0.15) is 50.7 Å². The van der Waals surface area contributed by atoms with Gasteiger partial charge in [0.15, 0.2) is 9.84 Å². The van der Waals surface area contributed by atoms with Crippen LogP contribution in [0.25, 0.3) is 0 Å². The molecule has 2 saturated carbocycles. The Morgan fingerprint density at radius 3 is 2.42 bits per heavy atom. The summed E-state index contributed by atoms with van der Waals surface area (Å²) in [5.74, 6) is 1.32. The molecule has 1 amide bonds. The van der Waals surface area contributed by atoms with Crippen molar-refractivity contribution < 1.29 is 17.6 Å². The lowest BCUT2D eigenvalue weighted by atomic mass is 10.1. The molecule has 1 atom stereocenters. The van der Waals surface area contributed by atoms with Crippen LogP contribution in [0.3, 0.4) is 0 Å². The normalized spacial score (nSPS) is 25.8. The van der Waals surface area contributed by atoms with Gasteiger partial charge in [0, 0.05) is 18.1 Å². The second kappa shape index (κ2) is 7.35. The van der Waals surface area contributed by atoms with E-state index in [-0.39, 0.29) is 29.5 Å². The summed E-state index contributed by atoms with van der Waals surface area (Å²) >= 11 is 0. The third kappa shape index (κ3) is 4.14. The van der Waals surface area contributed by atoms with Gasteiger partial charge in [-0.05, 0) is 44.2 Å². The van der Waals surface area contributed by atoms with Crippen molar-refractivity contribution in [3.8, 4) is 0 Å². The molecule has 2 aliphatic carbocycles. The minimum Gasteiger partial charge on any atom is -0.468 e. The summed E-state index contributed by atoms with van der Waals surface area (Å²) in [5.41, 5.74) is 0. The predicted molar refractivity (Wildman–Crippen MR) is 98.3 cm³/mol. The number of carbonyl (C=O) groups excluding carboxylic acids is 1. The van der Waals surface area contributed by atoms with E-state index in [2.05, 4.69) is 4.90 Å². The Bertz CT molecular complexity index is 721. The lowest BCUT2D eigenvalue weighted by Gasteiger charge is -2.35. The smallest absolute Gasteiger partial charge is 0.237 e. The van der Waals surface area contributed by atoms with E-state index < -0.39 is 9.84 Å². The van der Waals surface area contributed by atoms with Gasteiger partial charge in [-0.15, -0.1) is 0 Å². The Morgan fingerprint density at radius 2 is 1.85 bits per heavy atom. The third-order valence-electron chi connectivity index (χ3n) is 5.95. The Labute approximate surface area is 155 Å². The molecule has 1 aromatic heterocycles. The number of hydrogen-bond donors (Lipinski definition) is 0. The molecule has 0 aromatic carbocycles. The van der Waals surface area contributed by atoms with Crippen molar-refractivity contribution in [1.82, 2.24) is 9.80 Å². The fourth-order valence-corrected chi connectivity index (χ4v) is 6.21. The Balaban J connectivity index is 1.48. The molecule has 26 heavy (non-hydrogen) atoms. The lowest BCUT2D eigenvalue weighted by Crippen LogP contribution is -2.50. The Hall–Kier alpha value is -1.34. The van der Waals surface area contributed by atoms with Crippen LogP contribution >= 0.6 is 0 Å². The number of carbonyl (C=O) groups is 1. The van der Waals surface area contributed by atoms with E-state index in [4.69, 9.17) is 4.42 Å². The molecule has 3 fully saturated rings. The second-order valence-electron chi connectivity index (χ2n) is 8.01. The van der Waals surface area contributed by atoms with E-state index in [1.54, 1.807) is 6.26 Å². The highest BCUT2D eigenvalue weighted by Crippen LogP contribution is 2.32.